The van der Waals surface area contributed by atoms with Crippen LogP contribution in [-0.4, -0.2) is 24.9 Å². The SMILES string of the molecule is COC(=O)c1ccccc1NC(=O)C(C)(C)C(=O)Nc1cccc(C)c1. The van der Waals surface area contributed by atoms with Crippen LogP contribution in [0.1, 0.15) is 29.8 Å². The highest BCUT2D eigenvalue weighted by atomic mass is 16.5. The molecule has 136 valence electrons. The summed E-state index contributed by atoms with van der Waals surface area (Å²) in [5.74, 6) is -1.54. The number of esters is 1. The van der Waals surface area contributed by atoms with Gasteiger partial charge in [0.2, 0.25) is 11.8 Å². The number of methoxy groups -OCH3 is 1. The Bertz CT molecular complexity index is 843. The van der Waals surface area contributed by atoms with E-state index in [0.717, 1.165) is 5.56 Å². The van der Waals surface area contributed by atoms with Gasteiger partial charge in [-0.2, -0.15) is 0 Å². The minimum atomic E-state index is -1.35. The molecule has 0 atom stereocenters. The van der Waals surface area contributed by atoms with Crippen molar-refractivity contribution in [2.45, 2.75) is 20.8 Å². The highest BCUT2D eigenvalue weighted by Crippen LogP contribution is 2.24. The molecule has 2 rings (SSSR count). The molecule has 26 heavy (non-hydrogen) atoms. The van der Waals surface area contributed by atoms with Crippen molar-refractivity contribution in [1.82, 2.24) is 0 Å². The van der Waals surface area contributed by atoms with Crippen molar-refractivity contribution in [3.8, 4) is 0 Å². The maximum atomic E-state index is 12.7. The van der Waals surface area contributed by atoms with Crippen LogP contribution in [0.5, 0.6) is 0 Å². The summed E-state index contributed by atoms with van der Waals surface area (Å²) in [7, 11) is 1.26. The Morgan fingerprint density at radius 2 is 1.58 bits per heavy atom. The van der Waals surface area contributed by atoms with E-state index in [4.69, 9.17) is 4.74 Å². The van der Waals surface area contributed by atoms with E-state index in [1.54, 1.807) is 30.3 Å². The zero-order valence-corrected chi connectivity index (χ0v) is 15.3. The Hall–Kier alpha value is -3.15. The first-order chi connectivity index (χ1) is 12.3. The number of hydrogen-bond acceptors (Lipinski definition) is 4. The minimum absolute atomic E-state index is 0.221. The van der Waals surface area contributed by atoms with Crippen LogP contribution >= 0.6 is 0 Å². The van der Waals surface area contributed by atoms with Crippen LogP contribution < -0.4 is 10.6 Å². The van der Waals surface area contributed by atoms with Crippen molar-refractivity contribution in [3.05, 3.63) is 59.7 Å². The van der Waals surface area contributed by atoms with E-state index < -0.39 is 23.2 Å². The summed E-state index contributed by atoms with van der Waals surface area (Å²) in [5, 5.41) is 5.39. The zero-order valence-electron chi connectivity index (χ0n) is 15.3. The van der Waals surface area contributed by atoms with Gasteiger partial charge in [0.05, 0.1) is 18.4 Å². The normalized spacial score (nSPS) is 10.8. The molecular weight excluding hydrogens is 332 g/mol. The molecule has 2 N–H and O–H groups in total. The van der Waals surface area contributed by atoms with Crippen LogP contribution in [0.25, 0.3) is 0 Å². The third-order valence-electron chi connectivity index (χ3n) is 3.99. The summed E-state index contributed by atoms with van der Waals surface area (Å²) < 4.78 is 4.71. The van der Waals surface area contributed by atoms with Gasteiger partial charge < -0.3 is 15.4 Å². The predicted molar refractivity (Wildman–Crippen MR) is 100 cm³/mol. The van der Waals surface area contributed by atoms with E-state index >= 15 is 0 Å². The molecule has 0 saturated heterocycles. The minimum Gasteiger partial charge on any atom is -0.465 e. The second kappa shape index (κ2) is 7.82. The fourth-order valence-electron chi connectivity index (χ4n) is 2.27. The van der Waals surface area contributed by atoms with Crippen molar-refractivity contribution >= 4 is 29.2 Å². The molecule has 2 aromatic carbocycles. The van der Waals surface area contributed by atoms with E-state index in [9.17, 15) is 14.4 Å². The van der Waals surface area contributed by atoms with Crippen molar-refractivity contribution in [3.63, 3.8) is 0 Å². The van der Waals surface area contributed by atoms with Crippen LogP contribution in [-0.2, 0) is 14.3 Å². The Morgan fingerprint density at radius 3 is 2.23 bits per heavy atom. The molecule has 0 bridgehead atoms. The molecule has 0 heterocycles. The van der Waals surface area contributed by atoms with Gasteiger partial charge in [-0.3, -0.25) is 9.59 Å². The Balaban J connectivity index is 2.17. The number of rotatable bonds is 5. The highest BCUT2D eigenvalue weighted by Gasteiger charge is 2.36. The molecular formula is C20H22N2O4. The molecule has 0 spiro atoms. The molecule has 6 nitrogen and oxygen atoms in total. The number of carbonyl (C=O) groups excluding carboxylic acids is 3. The quantitative estimate of drug-likeness (QED) is 0.637. The Morgan fingerprint density at radius 1 is 0.923 bits per heavy atom. The second-order valence-corrected chi connectivity index (χ2v) is 6.44. The lowest BCUT2D eigenvalue weighted by Crippen LogP contribution is -2.41. The molecule has 0 aliphatic carbocycles. The van der Waals surface area contributed by atoms with Crippen molar-refractivity contribution in [1.29, 1.82) is 0 Å². The fourth-order valence-corrected chi connectivity index (χ4v) is 2.27. The van der Waals surface area contributed by atoms with E-state index in [1.807, 2.05) is 25.1 Å². The van der Waals surface area contributed by atoms with Crippen LogP contribution in [0, 0.1) is 12.3 Å². The van der Waals surface area contributed by atoms with Crippen molar-refractivity contribution < 1.29 is 19.1 Å². The summed E-state index contributed by atoms with van der Waals surface area (Å²) in [5.41, 5.74) is 0.773. The molecule has 2 amide bonds. The fraction of sp³-hybridized carbons (Fsp3) is 0.250. The van der Waals surface area contributed by atoms with Crippen LogP contribution in [0.4, 0.5) is 11.4 Å². The van der Waals surface area contributed by atoms with Crippen molar-refractivity contribution in [2.75, 3.05) is 17.7 Å². The number of benzene rings is 2. The van der Waals surface area contributed by atoms with Crippen LogP contribution in [0.2, 0.25) is 0 Å². The van der Waals surface area contributed by atoms with E-state index in [-0.39, 0.29) is 5.56 Å². The Kier molecular flexibility index (Phi) is 5.77. The van der Waals surface area contributed by atoms with Gasteiger partial charge >= 0.3 is 5.97 Å². The number of anilines is 2. The van der Waals surface area contributed by atoms with Crippen molar-refractivity contribution in [2.24, 2.45) is 5.41 Å². The topological polar surface area (TPSA) is 84.5 Å². The molecule has 6 heteroatoms. The number of ether oxygens (including phenoxy) is 1. The highest BCUT2D eigenvalue weighted by molar-refractivity contribution is 6.15. The van der Waals surface area contributed by atoms with Crippen LogP contribution in [0.15, 0.2) is 48.5 Å². The second-order valence-electron chi connectivity index (χ2n) is 6.44. The number of hydrogen-bond donors (Lipinski definition) is 2. The van der Waals surface area contributed by atoms with Gasteiger partial charge in [0.15, 0.2) is 0 Å². The first-order valence-corrected chi connectivity index (χ1v) is 8.12. The number of aryl methyl sites for hydroxylation is 1. The average molecular weight is 354 g/mol. The zero-order chi connectivity index (χ0) is 19.3. The molecule has 0 aliphatic rings. The summed E-state index contributed by atoms with van der Waals surface area (Å²) >= 11 is 0. The number of amides is 2. The lowest BCUT2D eigenvalue weighted by molar-refractivity contribution is -0.135. The number of carbonyl (C=O) groups is 3. The monoisotopic (exact) mass is 354 g/mol. The summed E-state index contributed by atoms with van der Waals surface area (Å²) in [6, 6.07) is 13.8. The summed E-state index contributed by atoms with van der Waals surface area (Å²) in [6.45, 7) is 4.96. The molecule has 0 saturated carbocycles. The van der Waals surface area contributed by atoms with Gasteiger partial charge in [0, 0.05) is 5.69 Å². The number of nitrogens with one attached hydrogen (secondary N) is 2. The average Bonchev–Trinajstić information content (AvgIpc) is 2.61. The maximum absolute atomic E-state index is 12.7. The summed E-state index contributed by atoms with van der Waals surface area (Å²) in [6.07, 6.45) is 0. The van der Waals surface area contributed by atoms with Crippen LogP contribution in [0.3, 0.4) is 0 Å². The van der Waals surface area contributed by atoms with Gasteiger partial charge in [0.1, 0.15) is 5.41 Å². The summed E-state index contributed by atoms with van der Waals surface area (Å²) in [4.78, 5) is 37.1. The maximum Gasteiger partial charge on any atom is 0.339 e. The molecule has 0 fully saturated rings. The lowest BCUT2D eigenvalue weighted by atomic mass is 9.90. The Labute approximate surface area is 152 Å². The third kappa shape index (κ3) is 4.27. The van der Waals surface area contributed by atoms with E-state index in [2.05, 4.69) is 10.6 Å². The number of para-hydroxylation sites is 1. The smallest absolute Gasteiger partial charge is 0.339 e. The van der Waals surface area contributed by atoms with Gasteiger partial charge in [-0.15, -0.1) is 0 Å². The van der Waals surface area contributed by atoms with Gasteiger partial charge in [-0.25, -0.2) is 4.79 Å². The third-order valence-corrected chi connectivity index (χ3v) is 3.99. The van der Waals surface area contributed by atoms with E-state index in [1.165, 1.54) is 21.0 Å². The lowest BCUT2D eigenvalue weighted by Gasteiger charge is -2.23. The van der Waals surface area contributed by atoms with E-state index in [0.29, 0.717) is 11.4 Å². The largest absolute Gasteiger partial charge is 0.465 e. The molecule has 0 radical (unpaired) electrons. The first-order valence-electron chi connectivity index (χ1n) is 8.12. The standard InChI is InChI=1S/C20H22N2O4/c1-13-8-7-9-14(12-13)21-18(24)20(2,3)19(25)22-16-11-6-5-10-15(16)17(23)26-4/h5-12H,1-4H3,(H,21,24)(H,22,25). The first kappa shape index (κ1) is 19.2. The molecule has 0 aromatic heterocycles. The molecule has 2 aromatic rings. The predicted octanol–water partition coefficient (Wildman–Crippen LogP) is 3.39. The van der Waals surface area contributed by atoms with Gasteiger partial charge in [0.25, 0.3) is 0 Å². The van der Waals surface area contributed by atoms with Gasteiger partial charge in [-0.05, 0) is 50.6 Å². The molecule has 0 aliphatic heterocycles. The van der Waals surface area contributed by atoms with Gasteiger partial charge in [-0.1, -0.05) is 24.3 Å². The molecule has 0 unspecified atom stereocenters.